The lowest BCUT2D eigenvalue weighted by atomic mass is 9.95. The molecule has 0 aromatic heterocycles. The Balaban J connectivity index is 1.53. The number of carbonyl (C=O) groups excluding carboxylic acids is 2. The number of carbonyl (C=O) groups is 2. The van der Waals surface area contributed by atoms with Gasteiger partial charge in [-0.05, 0) is 61.9 Å². The molecule has 5 heteroatoms. The van der Waals surface area contributed by atoms with E-state index < -0.39 is 0 Å². The average Bonchev–Trinajstić information content (AvgIpc) is 2.72. The molecular weight excluding hydrogens is 364 g/mol. The second-order valence-corrected chi connectivity index (χ2v) is 7.77. The summed E-state index contributed by atoms with van der Waals surface area (Å²) in [4.78, 5) is 24.5. The van der Waals surface area contributed by atoms with Crippen LogP contribution in [0.25, 0.3) is 0 Å². The van der Waals surface area contributed by atoms with Crippen molar-refractivity contribution in [1.29, 1.82) is 0 Å². The van der Waals surface area contributed by atoms with Crippen molar-refractivity contribution in [1.82, 2.24) is 5.32 Å². The van der Waals surface area contributed by atoms with Gasteiger partial charge >= 0.3 is 0 Å². The number of amides is 2. The van der Waals surface area contributed by atoms with Crippen LogP contribution in [-0.4, -0.2) is 24.5 Å². The number of hydrogen-bond donors (Lipinski definition) is 2. The number of nitrogens with one attached hydrogen (secondary N) is 2. The third-order valence-electron chi connectivity index (χ3n) is 5.20. The zero-order chi connectivity index (χ0) is 20.6. The molecular formula is C24H30N2O3. The van der Waals surface area contributed by atoms with Crippen LogP contribution in [0.5, 0.6) is 5.75 Å². The second-order valence-electron chi connectivity index (χ2n) is 7.77. The van der Waals surface area contributed by atoms with Crippen LogP contribution >= 0.6 is 0 Å². The first kappa shape index (κ1) is 20.9. The molecule has 0 radical (unpaired) electrons. The maximum absolute atomic E-state index is 12.7. The van der Waals surface area contributed by atoms with E-state index >= 15 is 0 Å². The first-order valence-electron chi connectivity index (χ1n) is 10.4. The Kier molecular flexibility index (Phi) is 7.28. The SMILES string of the molecule is CCCC(=O)Nc1ccc2c(c1)C[C@@H](C(=O)N[C@@H](C)CCc1ccccc1)CO2. The van der Waals surface area contributed by atoms with Crippen LogP contribution in [0.15, 0.2) is 48.5 Å². The van der Waals surface area contributed by atoms with Crippen molar-refractivity contribution < 1.29 is 14.3 Å². The molecule has 1 aliphatic rings. The van der Waals surface area contributed by atoms with E-state index in [2.05, 4.69) is 22.8 Å². The maximum Gasteiger partial charge on any atom is 0.227 e. The van der Waals surface area contributed by atoms with Crippen LogP contribution in [0.3, 0.4) is 0 Å². The Hall–Kier alpha value is -2.82. The number of aryl methyl sites for hydroxylation is 1. The normalized spacial score (nSPS) is 16.3. The summed E-state index contributed by atoms with van der Waals surface area (Å²) < 4.78 is 5.80. The van der Waals surface area contributed by atoms with Gasteiger partial charge in [0.2, 0.25) is 11.8 Å². The molecule has 2 aromatic rings. The fourth-order valence-corrected chi connectivity index (χ4v) is 3.55. The summed E-state index contributed by atoms with van der Waals surface area (Å²) in [5, 5.41) is 6.03. The molecule has 3 rings (SSSR count). The molecule has 0 saturated heterocycles. The van der Waals surface area contributed by atoms with E-state index in [4.69, 9.17) is 4.74 Å². The molecule has 0 spiro atoms. The Morgan fingerprint density at radius 2 is 1.97 bits per heavy atom. The maximum atomic E-state index is 12.7. The number of benzene rings is 2. The molecule has 2 N–H and O–H groups in total. The largest absolute Gasteiger partial charge is 0.492 e. The topological polar surface area (TPSA) is 67.4 Å². The molecule has 0 unspecified atom stereocenters. The summed E-state index contributed by atoms with van der Waals surface area (Å²) in [7, 11) is 0. The summed E-state index contributed by atoms with van der Waals surface area (Å²) in [6.07, 6.45) is 3.76. The predicted molar refractivity (Wildman–Crippen MR) is 115 cm³/mol. The second kappa shape index (κ2) is 10.1. The van der Waals surface area contributed by atoms with Gasteiger partial charge in [-0.3, -0.25) is 9.59 Å². The van der Waals surface area contributed by atoms with Crippen molar-refractivity contribution in [3.63, 3.8) is 0 Å². The van der Waals surface area contributed by atoms with Crippen molar-refractivity contribution in [3.8, 4) is 5.75 Å². The molecule has 0 bridgehead atoms. The third kappa shape index (κ3) is 6.08. The van der Waals surface area contributed by atoms with Crippen molar-refractivity contribution in [2.75, 3.05) is 11.9 Å². The predicted octanol–water partition coefficient (Wildman–Crippen LogP) is 4.11. The van der Waals surface area contributed by atoms with Gasteiger partial charge in [0, 0.05) is 18.2 Å². The molecule has 0 saturated carbocycles. The monoisotopic (exact) mass is 394 g/mol. The lowest BCUT2D eigenvalue weighted by Gasteiger charge is -2.26. The Labute approximate surface area is 172 Å². The van der Waals surface area contributed by atoms with E-state index in [1.807, 2.05) is 50.2 Å². The highest BCUT2D eigenvalue weighted by Gasteiger charge is 2.27. The molecule has 2 amide bonds. The van der Waals surface area contributed by atoms with Gasteiger partial charge in [-0.25, -0.2) is 0 Å². The zero-order valence-electron chi connectivity index (χ0n) is 17.2. The Bertz CT molecular complexity index is 835. The van der Waals surface area contributed by atoms with Crippen LogP contribution in [0.4, 0.5) is 5.69 Å². The number of ether oxygens (including phenoxy) is 1. The average molecular weight is 395 g/mol. The van der Waals surface area contributed by atoms with Crippen LogP contribution in [0.2, 0.25) is 0 Å². The van der Waals surface area contributed by atoms with Crippen molar-refractivity contribution in [2.45, 2.75) is 52.0 Å². The highest BCUT2D eigenvalue weighted by atomic mass is 16.5. The fourth-order valence-electron chi connectivity index (χ4n) is 3.55. The van der Waals surface area contributed by atoms with Gasteiger partial charge in [-0.1, -0.05) is 37.3 Å². The summed E-state index contributed by atoms with van der Waals surface area (Å²) in [5.41, 5.74) is 2.99. The van der Waals surface area contributed by atoms with Crippen LogP contribution in [0.1, 0.15) is 44.2 Å². The van der Waals surface area contributed by atoms with Gasteiger partial charge in [0.15, 0.2) is 0 Å². The molecule has 5 nitrogen and oxygen atoms in total. The van der Waals surface area contributed by atoms with Crippen LogP contribution < -0.4 is 15.4 Å². The highest BCUT2D eigenvalue weighted by Crippen LogP contribution is 2.30. The molecule has 2 aromatic carbocycles. The van der Waals surface area contributed by atoms with E-state index in [0.29, 0.717) is 19.4 Å². The van der Waals surface area contributed by atoms with Gasteiger partial charge in [-0.2, -0.15) is 0 Å². The molecule has 1 heterocycles. The van der Waals surface area contributed by atoms with E-state index in [0.717, 1.165) is 36.3 Å². The lowest BCUT2D eigenvalue weighted by molar-refractivity contribution is -0.127. The van der Waals surface area contributed by atoms with Crippen molar-refractivity contribution in [2.24, 2.45) is 5.92 Å². The summed E-state index contributed by atoms with van der Waals surface area (Å²) in [5.74, 6) is 0.602. The molecule has 2 atom stereocenters. The first-order chi connectivity index (χ1) is 14.0. The fraction of sp³-hybridized carbons (Fsp3) is 0.417. The van der Waals surface area contributed by atoms with Crippen LogP contribution in [0, 0.1) is 5.92 Å². The van der Waals surface area contributed by atoms with E-state index in [1.165, 1.54) is 5.56 Å². The molecule has 1 aliphatic heterocycles. The molecule has 29 heavy (non-hydrogen) atoms. The van der Waals surface area contributed by atoms with Gasteiger partial charge in [0.05, 0.1) is 5.92 Å². The summed E-state index contributed by atoms with van der Waals surface area (Å²) in [6.45, 7) is 4.40. The minimum atomic E-state index is -0.219. The lowest BCUT2D eigenvalue weighted by Crippen LogP contribution is -2.41. The minimum absolute atomic E-state index is 0.00529. The van der Waals surface area contributed by atoms with Gasteiger partial charge in [0.25, 0.3) is 0 Å². The summed E-state index contributed by atoms with van der Waals surface area (Å²) in [6, 6.07) is 16.0. The molecule has 0 aliphatic carbocycles. The van der Waals surface area contributed by atoms with E-state index in [1.54, 1.807) is 0 Å². The standard InChI is InChI=1S/C24H30N2O3/c1-3-7-23(27)26-21-12-13-22-19(15-21)14-20(16-29-22)24(28)25-17(2)10-11-18-8-5-4-6-9-18/h4-6,8-9,12-13,15,17,20H,3,7,10-11,14,16H2,1-2H3,(H,25,28)(H,26,27)/t17-,20+/m0/s1. The number of hydrogen-bond acceptors (Lipinski definition) is 3. The Morgan fingerprint density at radius 1 is 1.17 bits per heavy atom. The van der Waals surface area contributed by atoms with E-state index in [9.17, 15) is 9.59 Å². The zero-order valence-corrected chi connectivity index (χ0v) is 17.2. The summed E-state index contributed by atoms with van der Waals surface area (Å²) >= 11 is 0. The number of rotatable bonds is 8. The highest BCUT2D eigenvalue weighted by molar-refractivity contribution is 5.91. The van der Waals surface area contributed by atoms with Gasteiger partial charge in [0.1, 0.15) is 12.4 Å². The number of anilines is 1. The van der Waals surface area contributed by atoms with Gasteiger partial charge in [-0.15, -0.1) is 0 Å². The van der Waals surface area contributed by atoms with Gasteiger partial charge < -0.3 is 15.4 Å². The van der Waals surface area contributed by atoms with Crippen LogP contribution in [-0.2, 0) is 22.4 Å². The molecule has 0 fully saturated rings. The third-order valence-corrected chi connectivity index (χ3v) is 5.20. The molecule has 154 valence electrons. The Morgan fingerprint density at radius 3 is 2.72 bits per heavy atom. The smallest absolute Gasteiger partial charge is 0.227 e. The van der Waals surface area contributed by atoms with Crippen molar-refractivity contribution >= 4 is 17.5 Å². The minimum Gasteiger partial charge on any atom is -0.492 e. The number of fused-ring (bicyclic) bond motifs is 1. The van der Waals surface area contributed by atoms with E-state index in [-0.39, 0.29) is 23.8 Å². The van der Waals surface area contributed by atoms with Crippen molar-refractivity contribution in [3.05, 3.63) is 59.7 Å². The first-order valence-corrected chi connectivity index (χ1v) is 10.4. The quantitative estimate of drug-likeness (QED) is 0.708.